The van der Waals surface area contributed by atoms with Crippen molar-refractivity contribution in [3.05, 3.63) is 71.8 Å². The highest BCUT2D eigenvalue weighted by molar-refractivity contribution is 6.43. The molecule has 2 aromatic rings. The highest BCUT2D eigenvalue weighted by atomic mass is 16.4. The molecule has 0 aliphatic heterocycles. The number of benzene rings is 1. The number of amides is 2. The summed E-state index contributed by atoms with van der Waals surface area (Å²) < 4.78 is 0. The molecule has 1 aromatic heterocycles. The molecule has 0 saturated heterocycles. The van der Waals surface area contributed by atoms with Crippen LogP contribution < -0.4 is 16.0 Å². The fraction of sp³-hybridized carbons (Fsp3) is 0.407. The van der Waals surface area contributed by atoms with E-state index in [1.807, 2.05) is 51.2 Å². The van der Waals surface area contributed by atoms with Gasteiger partial charge >= 0.3 is 7.12 Å². The molecule has 11 nitrogen and oxygen atoms in total. The summed E-state index contributed by atoms with van der Waals surface area (Å²) in [4.78, 5) is 41.2. The van der Waals surface area contributed by atoms with E-state index in [2.05, 4.69) is 32.8 Å². The van der Waals surface area contributed by atoms with Crippen LogP contribution in [0.1, 0.15) is 49.7 Å². The maximum Gasteiger partial charge on any atom is 0.475 e. The lowest BCUT2D eigenvalue weighted by Gasteiger charge is -2.18. The Labute approximate surface area is 230 Å². The predicted molar refractivity (Wildman–Crippen MR) is 150 cm³/mol. The SMILES string of the molecule is CC(C)/C=C(\C#N)C=O.CCCCNC.O=C(CNC(=O)c1cnccn1)NC(Cc1ccccc1)B(O)O. The maximum absolute atomic E-state index is 11.9. The Kier molecular flexibility index (Phi) is 19.9. The van der Waals surface area contributed by atoms with Crippen molar-refractivity contribution in [1.82, 2.24) is 25.9 Å². The molecule has 5 N–H and O–H groups in total. The number of aromatic nitrogens is 2. The predicted octanol–water partition coefficient (Wildman–Crippen LogP) is 1.24. The first kappa shape index (κ1) is 35.1. The van der Waals surface area contributed by atoms with Gasteiger partial charge < -0.3 is 26.0 Å². The van der Waals surface area contributed by atoms with Crippen molar-refractivity contribution >= 4 is 25.2 Å². The number of unbranched alkanes of at least 4 members (excludes halogenated alkanes) is 1. The monoisotopic (exact) mass is 538 g/mol. The molecule has 2 amide bonds. The molecule has 1 aromatic carbocycles. The zero-order valence-corrected chi connectivity index (χ0v) is 23.0. The van der Waals surface area contributed by atoms with Crippen molar-refractivity contribution < 1.29 is 24.4 Å². The fourth-order valence-corrected chi connectivity index (χ4v) is 2.84. The fourth-order valence-electron chi connectivity index (χ4n) is 2.84. The summed E-state index contributed by atoms with van der Waals surface area (Å²) in [5, 5.41) is 35.0. The minimum Gasteiger partial charge on any atom is -0.426 e. The number of nitrogens with one attached hydrogen (secondary N) is 3. The van der Waals surface area contributed by atoms with Crippen LogP contribution >= 0.6 is 0 Å². The normalized spacial score (nSPS) is 11.0. The van der Waals surface area contributed by atoms with Crippen LogP contribution in [0.4, 0.5) is 0 Å². The Hall–Kier alpha value is -3.92. The quantitative estimate of drug-likeness (QED) is 0.0875. The van der Waals surface area contributed by atoms with Crippen LogP contribution in [0, 0.1) is 17.2 Å². The van der Waals surface area contributed by atoms with Gasteiger partial charge in [0.25, 0.3) is 5.91 Å². The second kappa shape index (κ2) is 22.1. The highest BCUT2D eigenvalue weighted by Gasteiger charge is 2.25. The Balaban J connectivity index is 0.000000792. The molecule has 0 aliphatic rings. The van der Waals surface area contributed by atoms with E-state index in [1.165, 1.54) is 31.4 Å². The molecule has 0 bridgehead atoms. The van der Waals surface area contributed by atoms with Gasteiger partial charge in [-0.15, -0.1) is 0 Å². The number of aldehydes is 1. The summed E-state index contributed by atoms with van der Waals surface area (Å²) in [7, 11) is 0.264. The highest BCUT2D eigenvalue weighted by Crippen LogP contribution is 2.04. The van der Waals surface area contributed by atoms with Crippen LogP contribution in [-0.2, 0) is 16.0 Å². The van der Waals surface area contributed by atoms with E-state index in [9.17, 15) is 24.4 Å². The van der Waals surface area contributed by atoms with E-state index in [0.717, 1.165) is 12.1 Å². The summed E-state index contributed by atoms with van der Waals surface area (Å²) in [6, 6.07) is 10.9. The van der Waals surface area contributed by atoms with Crippen molar-refractivity contribution in [3.8, 4) is 6.07 Å². The van der Waals surface area contributed by atoms with Crippen molar-refractivity contribution in [2.45, 2.75) is 46.0 Å². The van der Waals surface area contributed by atoms with Gasteiger partial charge in [-0.25, -0.2) is 4.98 Å². The van der Waals surface area contributed by atoms with Crippen molar-refractivity contribution in [3.63, 3.8) is 0 Å². The van der Waals surface area contributed by atoms with E-state index in [0.29, 0.717) is 6.29 Å². The summed E-state index contributed by atoms with van der Waals surface area (Å²) in [5.74, 6) is -1.69. The standard InChI is InChI=1S/C15H17BN4O4.C7H9NO.C5H13N/c21-14(10-19-15(22)12-9-17-6-7-18-12)20-13(16(23)24)8-11-4-2-1-3-5-11;1-6(2)3-7(4-8)5-9;1-3-4-5-6-2/h1-7,9,13,23-24H,8,10H2,(H,19,22)(H,20,21);3,5-6H,1-2H3;6H,3-5H2,1-2H3/b;7-3+;. The second-order valence-corrected chi connectivity index (χ2v) is 8.60. The van der Waals surface area contributed by atoms with Crippen LogP contribution in [0.25, 0.3) is 0 Å². The number of allylic oxidation sites excluding steroid dienone is 2. The van der Waals surface area contributed by atoms with Gasteiger partial charge in [0.1, 0.15) is 11.8 Å². The van der Waals surface area contributed by atoms with Gasteiger partial charge in [0.2, 0.25) is 5.91 Å². The van der Waals surface area contributed by atoms with Crippen molar-refractivity contribution in [2.24, 2.45) is 5.92 Å². The first-order valence-electron chi connectivity index (χ1n) is 12.6. The molecule has 1 unspecified atom stereocenters. The Morgan fingerprint density at radius 1 is 1.18 bits per heavy atom. The smallest absolute Gasteiger partial charge is 0.426 e. The molecule has 1 heterocycles. The average Bonchev–Trinajstić information content (AvgIpc) is 2.94. The van der Waals surface area contributed by atoms with Crippen LogP contribution in [0.15, 0.2) is 60.6 Å². The zero-order valence-electron chi connectivity index (χ0n) is 23.0. The van der Waals surface area contributed by atoms with Crippen molar-refractivity contribution in [1.29, 1.82) is 5.26 Å². The molecule has 12 heteroatoms. The first-order chi connectivity index (χ1) is 18.7. The van der Waals surface area contributed by atoms with E-state index >= 15 is 0 Å². The van der Waals surface area contributed by atoms with E-state index in [-0.39, 0.29) is 30.2 Å². The summed E-state index contributed by atoms with van der Waals surface area (Å²) >= 11 is 0. The Morgan fingerprint density at radius 2 is 1.87 bits per heavy atom. The lowest BCUT2D eigenvalue weighted by atomic mass is 9.76. The summed E-state index contributed by atoms with van der Waals surface area (Å²) in [6.07, 6.45) is 9.13. The summed E-state index contributed by atoms with van der Waals surface area (Å²) in [6.45, 7) is 6.88. The number of nitrogens with zero attached hydrogens (tertiary/aromatic N) is 3. The molecule has 0 saturated carbocycles. The van der Waals surface area contributed by atoms with Crippen LogP contribution in [0.2, 0.25) is 0 Å². The molecule has 0 fully saturated rings. The van der Waals surface area contributed by atoms with Gasteiger partial charge in [0.05, 0.1) is 24.3 Å². The number of rotatable bonds is 12. The minimum absolute atomic E-state index is 0.0910. The topological polar surface area (TPSA) is 177 Å². The number of carbonyl (C=O) groups excluding carboxylic acids is 3. The summed E-state index contributed by atoms with van der Waals surface area (Å²) in [5.41, 5.74) is 1.15. The Morgan fingerprint density at radius 3 is 2.31 bits per heavy atom. The lowest BCUT2D eigenvalue weighted by molar-refractivity contribution is -0.120. The van der Waals surface area contributed by atoms with E-state index in [1.54, 1.807) is 12.1 Å². The van der Waals surface area contributed by atoms with Gasteiger partial charge in [0, 0.05) is 12.4 Å². The molecule has 0 spiro atoms. The van der Waals surface area contributed by atoms with Crippen LogP contribution in [0.3, 0.4) is 0 Å². The van der Waals surface area contributed by atoms with Crippen LogP contribution in [-0.4, -0.2) is 71.3 Å². The molecular formula is C27H39BN6O5. The van der Waals surface area contributed by atoms with E-state index in [4.69, 9.17) is 5.26 Å². The number of hydrogen-bond donors (Lipinski definition) is 5. The molecule has 210 valence electrons. The van der Waals surface area contributed by atoms with Gasteiger partial charge in [-0.2, -0.15) is 5.26 Å². The van der Waals surface area contributed by atoms with Gasteiger partial charge in [0.15, 0.2) is 6.29 Å². The average molecular weight is 538 g/mol. The molecule has 1 atom stereocenters. The lowest BCUT2D eigenvalue weighted by Crippen LogP contribution is -2.50. The Bertz CT molecular complexity index is 1030. The number of hydrogen-bond acceptors (Lipinski definition) is 9. The molecule has 0 radical (unpaired) electrons. The first-order valence-corrected chi connectivity index (χ1v) is 12.6. The number of nitriles is 1. The minimum atomic E-state index is -1.72. The van der Waals surface area contributed by atoms with Gasteiger partial charge in [-0.3, -0.25) is 19.4 Å². The van der Waals surface area contributed by atoms with Crippen molar-refractivity contribution in [2.75, 3.05) is 20.1 Å². The second-order valence-electron chi connectivity index (χ2n) is 8.60. The maximum atomic E-state index is 11.9. The third-order valence-electron chi connectivity index (χ3n) is 4.76. The van der Waals surface area contributed by atoms with Gasteiger partial charge in [-0.05, 0) is 37.9 Å². The zero-order chi connectivity index (χ0) is 29.5. The third-order valence-corrected chi connectivity index (χ3v) is 4.76. The molecule has 0 aliphatic carbocycles. The van der Waals surface area contributed by atoms with E-state index < -0.39 is 24.9 Å². The van der Waals surface area contributed by atoms with Gasteiger partial charge in [-0.1, -0.05) is 63.6 Å². The largest absolute Gasteiger partial charge is 0.475 e. The van der Waals surface area contributed by atoms with Crippen LogP contribution in [0.5, 0.6) is 0 Å². The third kappa shape index (κ3) is 18.1. The molecule has 39 heavy (non-hydrogen) atoms. The molecular weight excluding hydrogens is 499 g/mol. The number of carbonyl (C=O) groups is 3. The molecule has 2 rings (SSSR count).